The first-order valence-electron chi connectivity index (χ1n) is 6.40. The van der Waals surface area contributed by atoms with Gasteiger partial charge in [-0.2, -0.15) is 5.10 Å². The molecule has 0 saturated heterocycles. The molecule has 0 aliphatic carbocycles. The number of hydrogen-bond donors (Lipinski definition) is 1. The van der Waals surface area contributed by atoms with Crippen molar-refractivity contribution in [3.8, 4) is 0 Å². The minimum Gasteiger partial charge on any atom is -0.324 e. The number of aromatic nitrogens is 2. The average molecular weight is 292 g/mol. The molecule has 2 rings (SSSR count). The second-order valence-corrected chi connectivity index (χ2v) is 5.85. The molecule has 0 bridgehead atoms. The summed E-state index contributed by atoms with van der Waals surface area (Å²) in [5.74, 6) is -0.138. The molecule has 0 unspecified atom stereocenters. The van der Waals surface area contributed by atoms with E-state index in [1.165, 1.54) is 0 Å². The second kappa shape index (κ2) is 5.29. The van der Waals surface area contributed by atoms with Crippen LogP contribution in [-0.2, 0) is 10.3 Å². The summed E-state index contributed by atoms with van der Waals surface area (Å²) in [6, 6.07) is 5.46. The Balaban J connectivity index is 2.20. The quantitative estimate of drug-likeness (QED) is 0.940. The van der Waals surface area contributed by atoms with Gasteiger partial charge in [-0.1, -0.05) is 17.7 Å². The van der Waals surface area contributed by atoms with E-state index in [2.05, 4.69) is 10.4 Å². The molecule has 5 heteroatoms. The molecule has 0 aliphatic rings. The summed E-state index contributed by atoms with van der Waals surface area (Å²) in [5.41, 5.74) is 1.91. The summed E-state index contributed by atoms with van der Waals surface area (Å²) >= 11 is 6.06. The van der Waals surface area contributed by atoms with Gasteiger partial charge in [0, 0.05) is 16.9 Å². The summed E-state index contributed by atoms with van der Waals surface area (Å²) in [6.45, 7) is 7.51. The summed E-state index contributed by atoms with van der Waals surface area (Å²) in [7, 11) is 0. The van der Waals surface area contributed by atoms with Crippen LogP contribution in [0, 0.1) is 13.8 Å². The molecule has 0 atom stereocenters. The van der Waals surface area contributed by atoms with Crippen molar-refractivity contribution < 1.29 is 4.79 Å². The molecular formula is C15H18ClN3O. The average Bonchev–Trinajstić information content (AvgIpc) is 2.81. The van der Waals surface area contributed by atoms with E-state index in [1.54, 1.807) is 16.9 Å². The summed E-state index contributed by atoms with van der Waals surface area (Å²) in [5, 5.41) is 7.72. The van der Waals surface area contributed by atoms with Crippen LogP contribution in [0.1, 0.15) is 25.0 Å². The number of amides is 1. The molecule has 106 valence electrons. The van der Waals surface area contributed by atoms with Crippen LogP contribution in [0.25, 0.3) is 0 Å². The Morgan fingerprint density at radius 2 is 2.05 bits per heavy atom. The number of anilines is 1. The first kappa shape index (κ1) is 14.6. The minimum absolute atomic E-state index is 0.138. The molecule has 0 saturated carbocycles. The molecule has 1 amide bonds. The highest BCUT2D eigenvalue weighted by molar-refractivity contribution is 6.31. The molecule has 0 fully saturated rings. The van der Waals surface area contributed by atoms with E-state index in [1.807, 2.05) is 46.0 Å². The van der Waals surface area contributed by atoms with Gasteiger partial charge >= 0.3 is 0 Å². The normalized spacial score (nSPS) is 11.4. The van der Waals surface area contributed by atoms with Crippen molar-refractivity contribution in [1.82, 2.24) is 9.78 Å². The van der Waals surface area contributed by atoms with Crippen molar-refractivity contribution in [1.29, 1.82) is 0 Å². The van der Waals surface area contributed by atoms with Crippen molar-refractivity contribution in [3.63, 3.8) is 0 Å². The highest BCUT2D eigenvalue weighted by Crippen LogP contribution is 2.22. The molecule has 0 aliphatic heterocycles. The maximum Gasteiger partial charge on any atom is 0.251 e. The fraction of sp³-hybridized carbons (Fsp3) is 0.333. The Labute approximate surface area is 123 Å². The number of rotatable bonds is 3. The maximum atomic E-state index is 12.4. The van der Waals surface area contributed by atoms with Gasteiger partial charge in [-0.15, -0.1) is 0 Å². The van der Waals surface area contributed by atoms with Crippen LogP contribution in [0.3, 0.4) is 0 Å². The van der Waals surface area contributed by atoms with E-state index in [0.29, 0.717) is 10.7 Å². The van der Waals surface area contributed by atoms with E-state index in [-0.39, 0.29) is 5.91 Å². The van der Waals surface area contributed by atoms with Gasteiger partial charge in [0.1, 0.15) is 5.54 Å². The number of halogens is 1. The molecule has 0 radical (unpaired) electrons. The molecular weight excluding hydrogens is 274 g/mol. The SMILES string of the molecule is Cc1cnn(C(C)(C)C(=O)Nc2ccc(C)c(Cl)c2)c1. The molecule has 1 aromatic heterocycles. The highest BCUT2D eigenvalue weighted by atomic mass is 35.5. The van der Waals surface area contributed by atoms with Crippen molar-refractivity contribution in [3.05, 3.63) is 46.7 Å². The van der Waals surface area contributed by atoms with E-state index in [9.17, 15) is 4.79 Å². The molecule has 4 nitrogen and oxygen atoms in total. The predicted molar refractivity (Wildman–Crippen MR) is 81.1 cm³/mol. The van der Waals surface area contributed by atoms with E-state index in [4.69, 9.17) is 11.6 Å². The summed E-state index contributed by atoms with van der Waals surface area (Å²) in [6.07, 6.45) is 3.58. The second-order valence-electron chi connectivity index (χ2n) is 5.44. The van der Waals surface area contributed by atoms with E-state index in [0.717, 1.165) is 11.1 Å². The van der Waals surface area contributed by atoms with Gasteiger partial charge in [-0.05, 0) is 51.0 Å². The Kier molecular flexibility index (Phi) is 3.86. The molecule has 1 heterocycles. The lowest BCUT2D eigenvalue weighted by molar-refractivity contribution is -0.123. The van der Waals surface area contributed by atoms with Crippen LogP contribution in [0.5, 0.6) is 0 Å². The van der Waals surface area contributed by atoms with Gasteiger partial charge in [-0.25, -0.2) is 0 Å². The largest absolute Gasteiger partial charge is 0.324 e. The molecule has 0 spiro atoms. The number of hydrogen-bond acceptors (Lipinski definition) is 2. The number of aryl methyl sites for hydroxylation is 2. The summed E-state index contributed by atoms with van der Waals surface area (Å²) in [4.78, 5) is 12.4. The standard InChI is InChI=1S/C15H18ClN3O/c1-10-8-17-19(9-10)15(3,4)14(20)18-12-6-5-11(2)13(16)7-12/h5-9H,1-4H3,(H,18,20). The van der Waals surface area contributed by atoms with Crippen LogP contribution in [-0.4, -0.2) is 15.7 Å². The fourth-order valence-corrected chi connectivity index (χ4v) is 1.96. The highest BCUT2D eigenvalue weighted by Gasteiger charge is 2.30. The zero-order valence-corrected chi connectivity index (χ0v) is 12.8. The Morgan fingerprint density at radius 3 is 2.60 bits per heavy atom. The third kappa shape index (κ3) is 2.85. The Hall–Kier alpha value is -1.81. The lowest BCUT2D eigenvalue weighted by Gasteiger charge is -2.24. The Morgan fingerprint density at radius 1 is 1.35 bits per heavy atom. The Bertz CT molecular complexity index is 646. The zero-order valence-electron chi connectivity index (χ0n) is 12.1. The number of nitrogens with one attached hydrogen (secondary N) is 1. The topological polar surface area (TPSA) is 46.9 Å². The van der Waals surface area contributed by atoms with Crippen LogP contribution in [0.15, 0.2) is 30.6 Å². The minimum atomic E-state index is -0.772. The lowest BCUT2D eigenvalue weighted by atomic mass is 10.0. The molecule has 1 N–H and O–H groups in total. The van der Waals surface area contributed by atoms with Crippen LogP contribution >= 0.6 is 11.6 Å². The fourth-order valence-electron chi connectivity index (χ4n) is 1.78. The van der Waals surface area contributed by atoms with Crippen LogP contribution < -0.4 is 5.32 Å². The molecule has 2 aromatic rings. The van der Waals surface area contributed by atoms with E-state index >= 15 is 0 Å². The number of carbonyl (C=O) groups is 1. The van der Waals surface area contributed by atoms with Gasteiger partial charge in [0.25, 0.3) is 5.91 Å². The third-order valence-electron chi connectivity index (χ3n) is 3.27. The third-order valence-corrected chi connectivity index (χ3v) is 3.68. The van der Waals surface area contributed by atoms with E-state index < -0.39 is 5.54 Å². The van der Waals surface area contributed by atoms with Gasteiger partial charge in [0.05, 0.1) is 6.20 Å². The maximum absolute atomic E-state index is 12.4. The smallest absolute Gasteiger partial charge is 0.251 e. The first-order chi connectivity index (χ1) is 9.30. The zero-order chi connectivity index (χ0) is 14.9. The van der Waals surface area contributed by atoms with Gasteiger partial charge in [0.15, 0.2) is 0 Å². The molecule has 20 heavy (non-hydrogen) atoms. The van der Waals surface area contributed by atoms with Gasteiger partial charge < -0.3 is 5.32 Å². The number of benzene rings is 1. The summed E-state index contributed by atoms with van der Waals surface area (Å²) < 4.78 is 1.66. The molecule has 1 aromatic carbocycles. The van der Waals surface area contributed by atoms with Gasteiger partial charge in [0.2, 0.25) is 0 Å². The monoisotopic (exact) mass is 291 g/mol. The van der Waals surface area contributed by atoms with Crippen LogP contribution in [0.2, 0.25) is 5.02 Å². The van der Waals surface area contributed by atoms with Crippen molar-refractivity contribution in [2.75, 3.05) is 5.32 Å². The van der Waals surface area contributed by atoms with Crippen LogP contribution in [0.4, 0.5) is 5.69 Å². The van der Waals surface area contributed by atoms with Crippen molar-refractivity contribution >= 4 is 23.2 Å². The van der Waals surface area contributed by atoms with Crippen molar-refractivity contribution in [2.45, 2.75) is 33.2 Å². The number of nitrogens with zero attached hydrogens (tertiary/aromatic N) is 2. The van der Waals surface area contributed by atoms with Gasteiger partial charge in [-0.3, -0.25) is 9.48 Å². The number of carbonyl (C=O) groups excluding carboxylic acids is 1. The predicted octanol–water partition coefficient (Wildman–Crippen LogP) is 3.53. The van der Waals surface area contributed by atoms with Crippen molar-refractivity contribution in [2.24, 2.45) is 0 Å². The first-order valence-corrected chi connectivity index (χ1v) is 6.78. The lowest BCUT2D eigenvalue weighted by Crippen LogP contribution is -2.40.